The molecule has 0 spiro atoms. The minimum absolute atomic E-state index is 0.0733. The summed E-state index contributed by atoms with van der Waals surface area (Å²) >= 11 is 0. The van der Waals surface area contributed by atoms with Gasteiger partial charge in [-0.05, 0) is 12.0 Å². The van der Waals surface area contributed by atoms with E-state index in [4.69, 9.17) is 9.47 Å². The highest BCUT2D eigenvalue weighted by Gasteiger charge is 2.13. The summed E-state index contributed by atoms with van der Waals surface area (Å²) in [7, 11) is 1.57. The molecule has 0 radical (unpaired) electrons. The molecule has 23 heavy (non-hydrogen) atoms. The highest BCUT2D eigenvalue weighted by Crippen LogP contribution is 2.08. The van der Waals surface area contributed by atoms with E-state index < -0.39 is 5.69 Å². The van der Waals surface area contributed by atoms with Gasteiger partial charge in [0.25, 0.3) is 5.56 Å². The zero-order chi connectivity index (χ0) is 16.7. The van der Waals surface area contributed by atoms with E-state index in [-0.39, 0.29) is 12.3 Å². The lowest BCUT2D eigenvalue weighted by Crippen LogP contribution is -2.39. The third-order valence-corrected chi connectivity index (χ3v) is 3.60. The van der Waals surface area contributed by atoms with E-state index in [0.717, 1.165) is 10.1 Å². The lowest BCUT2D eigenvalue weighted by atomic mass is 10.0. The second kappa shape index (κ2) is 8.45. The first-order chi connectivity index (χ1) is 11.2. The molecular formula is C17H22N2O4. The number of H-pyrrole nitrogens is 1. The van der Waals surface area contributed by atoms with Crippen molar-refractivity contribution in [3.63, 3.8) is 0 Å². The molecular weight excluding hydrogens is 296 g/mol. The van der Waals surface area contributed by atoms with Gasteiger partial charge in [0.05, 0.1) is 13.2 Å². The molecule has 2 aromatic rings. The van der Waals surface area contributed by atoms with Gasteiger partial charge < -0.3 is 14.5 Å². The van der Waals surface area contributed by atoms with Crippen LogP contribution in [0.25, 0.3) is 0 Å². The standard InChI is InChI=1S/C17H22N2O4/c1-3-14-15(11-13-7-5-4-6-8-13)18-17(21)19(16(14)20)12-23-10-9-22-2/h4-8H,3,9-12H2,1-2H3,(H,18,21). The molecule has 0 saturated heterocycles. The van der Waals surface area contributed by atoms with Crippen LogP contribution in [-0.2, 0) is 29.0 Å². The van der Waals surface area contributed by atoms with Gasteiger partial charge in [-0.1, -0.05) is 37.3 Å². The monoisotopic (exact) mass is 318 g/mol. The summed E-state index contributed by atoms with van der Waals surface area (Å²) in [6, 6.07) is 9.74. The number of methoxy groups -OCH3 is 1. The van der Waals surface area contributed by atoms with Gasteiger partial charge in [-0.15, -0.1) is 0 Å². The van der Waals surface area contributed by atoms with E-state index in [0.29, 0.717) is 37.3 Å². The lowest BCUT2D eigenvalue weighted by Gasteiger charge is -2.12. The molecule has 1 N–H and O–H groups in total. The number of nitrogens with one attached hydrogen (secondary N) is 1. The van der Waals surface area contributed by atoms with Crippen LogP contribution in [0.1, 0.15) is 23.7 Å². The fourth-order valence-corrected chi connectivity index (χ4v) is 2.39. The number of ether oxygens (including phenoxy) is 2. The first kappa shape index (κ1) is 17.2. The molecule has 0 amide bonds. The Hall–Kier alpha value is -2.18. The Bertz CT molecular complexity index is 734. The van der Waals surface area contributed by atoms with E-state index in [1.165, 1.54) is 0 Å². The van der Waals surface area contributed by atoms with E-state index in [9.17, 15) is 9.59 Å². The van der Waals surface area contributed by atoms with Gasteiger partial charge >= 0.3 is 5.69 Å². The minimum Gasteiger partial charge on any atom is -0.382 e. The molecule has 0 aliphatic carbocycles. The zero-order valence-corrected chi connectivity index (χ0v) is 13.5. The summed E-state index contributed by atoms with van der Waals surface area (Å²) in [5.74, 6) is 0. The smallest absolute Gasteiger partial charge is 0.330 e. The van der Waals surface area contributed by atoms with Gasteiger partial charge in [0, 0.05) is 24.8 Å². The topological polar surface area (TPSA) is 73.3 Å². The number of rotatable bonds is 8. The summed E-state index contributed by atoms with van der Waals surface area (Å²) in [4.78, 5) is 27.5. The summed E-state index contributed by atoms with van der Waals surface area (Å²) < 4.78 is 11.3. The molecule has 1 heterocycles. The maximum Gasteiger partial charge on any atom is 0.330 e. The Morgan fingerprint density at radius 2 is 1.87 bits per heavy atom. The van der Waals surface area contributed by atoms with Gasteiger partial charge in [0.1, 0.15) is 6.73 Å². The molecule has 1 aromatic heterocycles. The Morgan fingerprint density at radius 3 is 2.52 bits per heavy atom. The van der Waals surface area contributed by atoms with Crippen molar-refractivity contribution in [1.82, 2.24) is 9.55 Å². The molecule has 6 heteroatoms. The van der Waals surface area contributed by atoms with Gasteiger partial charge in [-0.2, -0.15) is 0 Å². The predicted molar refractivity (Wildman–Crippen MR) is 87.8 cm³/mol. The van der Waals surface area contributed by atoms with Crippen LogP contribution >= 0.6 is 0 Å². The average Bonchev–Trinajstić information content (AvgIpc) is 2.55. The van der Waals surface area contributed by atoms with Crippen molar-refractivity contribution in [2.75, 3.05) is 20.3 Å². The number of aromatic amines is 1. The molecule has 6 nitrogen and oxygen atoms in total. The van der Waals surface area contributed by atoms with Gasteiger partial charge in [0.2, 0.25) is 0 Å². The molecule has 1 aromatic carbocycles. The highest BCUT2D eigenvalue weighted by molar-refractivity contribution is 5.26. The van der Waals surface area contributed by atoms with Crippen molar-refractivity contribution in [3.05, 3.63) is 68.0 Å². The van der Waals surface area contributed by atoms with E-state index in [1.807, 2.05) is 37.3 Å². The van der Waals surface area contributed by atoms with Crippen LogP contribution in [0.4, 0.5) is 0 Å². The summed E-state index contributed by atoms with van der Waals surface area (Å²) in [5, 5.41) is 0. The van der Waals surface area contributed by atoms with Crippen LogP contribution in [0.15, 0.2) is 39.9 Å². The summed E-state index contributed by atoms with van der Waals surface area (Å²) in [6.07, 6.45) is 1.08. The Morgan fingerprint density at radius 1 is 1.13 bits per heavy atom. The largest absolute Gasteiger partial charge is 0.382 e. The zero-order valence-electron chi connectivity index (χ0n) is 13.5. The Labute approximate surface area is 134 Å². The molecule has 0 aliphatic heterocycles. The molecule has 0 saturated carbocycles. The fraction of sp³-hybridized carbons (Fsp3) is 0.412. The van der Waals surface area contributed by atoms with Crippen LogP contribution in [0.2, 0.25) is 0 Å². The van der Waals surface area contributed by atoms with Crippen LogP contribution in [-0.4, -0.2) is 29.9 Å². The summed E-state index contributed by atoms with van der Waals surface area (Å²) in [6.45, 7) is 2.57. The molecule has 0 aliphatic rings. The quantitative estimate of drug-likeness (QED) is 0.745. The van der Waals surface area contributed by atoms with Crippen molar-refractivity contribution in [3.8, 4) is 0 Å². The molecule has 124 valence electrons. The molecule has 0 fully saturated rings. The minimum atomic E-state index is -0.449. The normalized spacial score (nSPS) is 10.9. The van der Waals surface area contributed by atoms with Gasteiger partial charge in [-0.25, -0.2) is 9.36 Å². The van der Waals surface area contributed by atoms with Crippen LogP contribution in [0.5, 0.6) is 0 Å². The van der Waals surface area contributed by atoms with Crippen molar-refractivity contribution in [2.45, 2.75) is 26.5 Å². The predicted octanol–water partition coefficient (Wildman–Crippen LogP) is 1.31. The first-order valence-corrected chi connectivity index (χ1v) is 7.62. The average molecular weight is 318 g/mol. The van der Waals surface area contributed by atoms with Gasteiger partial charge in [-0.3, -0.25) is 4.79 Å². The second-order valence-electron chi connectivity index (χ2n) is 5.17. The maximum absolute atomic E-state index is 12.5. The van der Waals surface area contributed by atoms with Crippen molar-refractivity contribution < 1.29 is 9.47 Å². The van der Waals surface area contributed by atoms with Crippen molar-refractivity contribution in [2.24, 2.45) is 0 Å². The van der Waals surface area contributed by atoms with E-state index >= 15 is 0 Å². The Kier molecular flexibility index (Phi) is 6.31. The van der Waals surface area contributed by atoms with Crippen molar-refractivity contribution in [1.29, 1.82) is 0 Å². The molecule has 0 atom stereocenters. The molecule has 0 bridgehead atoms. The number of nitrogens with zero attached hydrogens (tertiary/aromatic N) is 1. The van der Waals surface area contributed by atoms with E-state index in [1.54, 1.807) is 7.11 Å². The van der Waals surface area contributed by atoms with Crippen LogP contribution < -0.4 is 11.2 Å². The highest BCUT2D eigenvalue weighted by atomic mass is 16.5. The number of benzene rings is 1. The van der Waals surface area contributed by atoms with Crippen LogP contribution in [0, 0.1) is 0 Å². The third kappa shape index (κ3) is 4.40. The molecule has 2 rings (SSSR count). The first-order valence-electron chi connectivity index (χ1n) is 7.62. The van der Waals surface area contributed by atoms with Gasteiger partial charge in [0.15, 0.2) is 0 Å². The Balaban J connectivity index is 2.28. The number of hydrogen-bond donors (Lipinski definition) is 1. The summed E-state index contributed by atoms with van der Waals surface area (Å²) in [5.41, 5.74) is 1.59. The maximum atomic E-state index is 12.5. The lowest BCUT2D eigenvalue weighted by molar-refractivity contribution is 0.0305. The second-order valence-corrected chi connectivity index (χ2v) is 5.17. The molecule has 0 unspecified atom stereocenters. The third-order valence-electron chi connectivity index (χ3n) is 3.60. The number of aromatic nitrogens is 2. The van der Waals surface area contributed by atoms with Crippen molar-refractivity contribution >= 4 is 0 Å². The number of hydrogen-bond acceptors (Lipinski definition) is 4. The van der Waals surface area contributed by atoms with Crippen LogP contribution in [0.3, 0.4) is 0 Å². The fourth-order valence-electron chi connectivity index (χ4n) is 2.39. The van der Waals surface area contributed by atoms with E-state index in [2.05, 4.69) is 4.98 Å². The SMILES string of the molecule is CCc1c(Cc2ccccc2)[nH]c(=O)n(COCCOC)c1=O.